The Morgan fingerprint density at radius 2 is 1.96 bits per heavy atom. The van der Waals surface area contributed by atoms with Gasteiger partial charge >= 0.3 is 5.97 Å². The van der Waals surface area contributed by atoms with Gasteiger partial charge in [0.05, 0.1) is 30.8 Å². The van der Waals surface area contributed by atoms with E-state index >= 15 is 0 Å². The van der Waals surface area contributed by atoms with E-state index in [2.05, 4.69) is 10.2 Å². The van der Waals surface area contributed by atoms with E-state index in [1.54, 1.807) is 13.8 Å². The molecular formula is C17H24N2O4S. The van der Waals surface area contributed by atoms with Gasteiger partial charge < -0.3 is 19.7 Å². The van der Waals surface area contributed by atoms with Crippen LogP contribution in [-0.2, 0) is 19.1 Å². The van der Waals surface area contributed by atoms with Crippen LogP contribution in [0.25, 0.3) is 0 Å². The number of amides is 1. The first-order valence-electron chi connectivity index (χ1n) is 8.11. The largest absolute Gasteiger partial charge is 0.465 e. The lowest BCUT2D eigenvalue weighted by Crippen LogP contribution is -2.36. The first-order valence-corrected chi connectivity index (χ1v) is 9.16. The third-order valence-corrected chi connectivity index (χ3v) is 4.75. The molecule has 0 bridgehead atoms. The van der Waals surface area contributed by atoms with E-state index in [0.717, 1.165) is 37.7 Å². The van der Waals surface area contributed by atoms with Gasteiger partial charge in [-0.15, -0.1) is 11.8 Å². The average Bonchev–Trinajstić information content (AvgIpc) is 2.61. The van der Waals surface area contributed by atoms with Crippen molar-refractivity contribution in [1.82, 2.24) is 0 Å². The Morgan fingerprint density at radius 1 is 1.29 bits per heavy atom. The molecule has 1 N–H and O–H groups in total. The molecule has 0 unspecified atom stereocenters. The van der Waals surface area contributed by atoms with Crippen molar-refractivity contribution in [2.45, 2.75) is 19.1 Å². The van der Waals surface area contributed by atoms with Crippen LogP contribution in [0.15, 0.2) is 24.3 Å². The van der Waals surface area contributed by atoms with E-state index in [-0.39, 0.29) is 22.9 Å². The van der Waals surface area contributed by atoms with E-state index in [4.69, 9.17) is 9.47 Å². The fourth-order valence-electron chi connectivity index (χ4n) is 2.29. The zero-order chi connectivity index (χ0) is 17.4. The number of hydrogen-bond donors (Lipinski definition) is 1. The van der Waals surface area contributed by atoms with Crippen LogP contribution in [0.4, 0.5) is 11.4 Å². The van der Waals surface area contributed by atoms with E-state index in [1.165, 1.54) is 11.8 Å². The SMILES string of the molecule is CCOC(=O)CS[C@H](C)C(=O)Nc1ccc(N2CCOCC2)cc1. The predicted octanol–water partition coefficient (Wildman–Crippen LogP) is 2.15. The molecule has 24 heavy (non-hydrogen) atoms. The van der Waals surface area contributed by atoms with Crippen molar-refractivity contribution in [1.29, 1.82) is 0 Å². The number of ether oxygens (including phenoxy) is 2. The molecule has 0 aromatic heterocycles. The third kappa shape index (κ3) is 5.72. The summed E-state index contributed by atoms with van der Waals surface area (Å²) < 4.78 is 10.2. The number of morpholine rings is 1. The van der Waals surface area contributed by atoms with E-state index in [0.29, 0.717) is 6.61 Å². The number of carbonyl (C=O) groups is 2. The fraction of sp³-hybridized carbons (Fsp3) is 0.529. The fourth-order valence-corrected chi connectivity index (χ4v) is 2.97. The van der Waals surface area contributed by atoms with Gasteiger partial charge in [-0.2, -0.15) is 0 Å². The highest BCUT2D eigenvalue weighted by Crippen LogP contribution is 2.20. The molecule has 0 spiro atoms. The van der Waals surface area contributed by atoms with Crippen molar-refractivity contribution in [3.8, 4) is 0 Å². The summed E-state index contributed by atoms with van der Waals surface area (Å²) in [5, 5.41) is 2.55. The normalized spacial score (nSPS) is 15.7. The Morgan fingerprint density at radius 3 is 2.58 bits per heavy atom. The minimum absolute atomic E-state index is 0.122. The Labute approximate surface area is 146 Å². The Bertz CT molecular complexity index is 544. The van der Waals surface area contributed by atoms with Crippen LogP contribution in [-0.4, -0.2) is 55.8 Å². The van der Waals surface area contributed by atoms with Gasteiger partial charge in [-0.3, -0.25) is 9.59 Å². The van der Waals surface area contributed by atoms with Gasteiger partial charge in [0.2, 0.25) is 5.91 Å². The van der Waals surface area contributed by atoms with Crippen LogP contribution in [0.2, 0.25) is 0 Å². The first-order chi connectivity index (χ1) is 11.6. The van der Waals surface area contributed by atoms with Gasteiger partial charge in [0.1, 0.15) is 0 Å². The second-order valence-corrected chi connectivity index (χ2v) is 6.72. The highest BCUT2D eigenvalue weighted by Gasteiger charge is 2.16. The van der Waals surface area contributed by atoms with Gasteiger partial charge in [-0.25, -0.2) is 0 Å². The number of benzene rings is 1. The highest BCUT2D eigenvalue weighted by atomic mass is 32.2. The molecule has 6 nitrogen and oxygen atoms in total. The van der Waals surface area contributed by atoms with E-state index in [9.17, 15) is 9.59 Å². The molecule has 1 aromatic carbocycles. The second-order valence-electron chi connectivity index (χ2n) is 5.39. The summed E-state index contributed by atoms with van der Waals surface area (Å²) >= 11 is 1.27. The molecule has 7 heteroatoms. The maximum atomic E-state index is 12.2. The molecule has 1 aliphatic heterocycles. The maximum Gasteiger partial charge on any atom is 0.315 e. The molecular weight excluding hydrogens is 328 g/mol. The van der Waals surface area contributed by atoms with Crippen molar-refractivity contribution in [3.05, 3.63) is 24.3 Å². The Hall–Kier alpha value is -1.73. The van der Waals surface area contributed by atoms with Crippen LogP contribution in [0, 0.1) is 0 Å². The van der Waals surface area contributed by atoms with Gasteiger partial charge in [0.15, 0.2) is 0 Å². The van der Waals surface area contributed by atoms with Crippen molar-refractivity contribution in [2.24, 2.45) is 0 Å². The number of nitrogens with zero attached hydrogens (tertiary/aromatic N) is 1. The predicted molar refractivity (Wildman–Crippen MR) is 96.7 cm³/mol. The zero-order valence-electron chi connectivity index (χ0n) is 14.1. The summed E-state index contributed by atoms with van der Waals surface area (Å²) in [6.45, 7) is 7.15. The van der Waals surface area contributed by atoms with Crippen molar-refractivity contribution < 1.29 is 19.1 Å². The van der Waals surface area contributed by atoms with Crippen LogP contribution < -0.4 is 10.2 Å². The summed E-state index contributed by atoms with van der Waals surface area (Å²) in [5.74, 6) is -0.237. The lowest BCUT2D eigenvalue weighted by molar-refractivity contribution is -0.139. The smallest absolute Gasteiger partial charge is 0.315 e. The molecule has 1 atom stereocenters. The Kier molecular flexibility index (Phi) is 7.39. The highest BCUT2D eigenvalue weighted by molar-refractivity contribution is 8.01. The first kappa shape index (κ1) is 18.6. The summed E-state index contributed by atoms with van der Waals surface area (Å²) in [7, 11) is 0. The van der Waals surface area contributed by atoms with E-state index < -0.39 is 0 Å². The molecule has 2 rings (SSSR count). The minimum atomic E-state index is -0.326. The molecule has 1 fully saturated rings. The summed E-state index contributed by atoms with van der Waals surface area (Å²) in [6.07, 6.45) is 0. The number of thioether (sulfide) groups is 1. The molecule has 1 heterocycles. The second kappa shape index (κ2) is 9.54. The number of esters is 1. The quantitative estimate of drug-likeness (QED) is 0.759. The van der Waals surface area contributed by atoms with E-state index in [1.807, 2.05) is 24.3 Å². The van der Waals surface area contributed by atoms with Crippen LogP contribution in [0.5, 0.6) is 0 Å². The average molecular weight is 352 g/mol. The maximum absolute atomic E-state index is 12.2. The minimum Gasteiger partial charge on any atom is -0.465 e. The molecule has 1 aliphatic rings. The Balaban J connectivity index is 1.81. The number of carbonyl (C=O) groups excluding carboxylic acids is 2. The molecule has 1 aromatic rings. The standard InChI is InChI=1S/C17H24N2O4S/c1-3-23-16(20)12-24-13(2)17(21)18-14-4-6-15(7-5-14)19-8-10-22-11-9-19/h4-7,13H,3,8-12H2,1-2H3,(H,18,21)/t13-/m1/s1. The molecule has 0 aliphatic carbocycles. The summed E-state index contributed by atoms with van der Waals surface area (Å²) in [6, 6.07) is 7.78. The molecule has 0 saturated carbocycles. The van der Waals surface area contributed by atoms with Crippen molar-refractivity contribution >= 4 is 35.0 Å². The molecule has 132 valence electrons. The topological polar surface area (TPSA) is 67.9 Å². The van der Waals surface area contributed by atoms with Crippen LogP contribution >= 0.6 is 11.8 Å². The zero-order valence-corrected chi connectivity index (χ0v) is 14.9. The summed E-state index contributed by atoms with van der Waals surface area (Å²) in [4.78, 5) is 25.7. The molecule has 0 radical (unpaired) electrons. The van der Waals surface area contributed by atoms with Gasteiger partial charge in [0, 0.05) is 24.5 Å². The summed E-state index contributed by atoms with van der Waals surface area (Å²) in [5.41, 5.74) is 1.88. The van der Waals surface area contributed by atoms with Crippen LogP contribution in [0.1, 0.15) is 13.8 Å². The van der Waals surface area contributed by atoms with Crippen LogP contribution in [0.3, 0.4) is 0 Å². The van der Waals surface area contributed by atoms with Crippen molar-refractivity contribution in [3.63, 3.8) is 0 Å². The number of hydrogen-bond acceptors (Lipinski definition) is 6. The molecule has 1 saturated heterocycles. The van der Waals surface area contributed by atoms with Gasteiger partial charge in [-0.1, -0.05) is 0 Å². The number of rotatable bonds is 7. The molecule has 1 amide bonds. The number of nitrogens with one attached hydrogen (secondary N) is 1. The third-order valence-electron chi connectivity index (χ3n) is 3.64. The number of anilines is 2. The van der Waals surface area contributed by atoms with Gasteiger partial charge in [0.25, 0.3) is 0 Å². The van der Waals surface area contributed by atoms with Crippen molar-refractivity contribution in [2.75, 3.05) is 48.9 Å². The lowest BCUT2D eigenvalue weighted by atomic mass is 10.2. The lowest BCUT2D eigenvalue weighted by Gasteiger charge is -2.28. The van der Waals surface area contributed by atoms with Gasteiger partial charge in [-0.05, 0) is 38.1 Å². The monoisotopic (exact) mass is 352 g/mol.